The SMILES string of the molecule is COCc1cnc([C@H](C)N)o1. The van der Waals surface area contributed by atoms with Crippen LogP contribution >= 0.6 is 0 Å². The van der Waals surface area contributed by atoms with Gasteiger partial charge in [-0.15, -0.1) is 0 Å². The van der Waals surface area contributed by atoms with Gasteiger partial charge in [0.05, 0.1) is 12.2 Å². The van der Waals surface area contributed by atoms with E-state index in [1.165, 1.54) is 0 Å². The Kier molecular flexibility index (Phi) is 2.62. The van der Waals surface area contributed by atoms with Gasteiger partial charge in [0.1, 0.15) is 12.4 Å². The Morgan fingerprint density at radius 2 is 2.55 bits per heavy atom. The van der Waals surface area contributed by atoms with E-state index in [0.29, 0.717) is 18.3 Å². The van der Waals surface area contributed by atoms with Crippen LogP contribution in [0.5, 0.6) is 0 Å². The summed E-state index contributed by atoms with van der Waals surface area (Å²) in [5.41, 5.74) is 5.53. The van der Waals surface area contributed by atoms with E-state index >= 15 is 0 Å². The van der Waals surface area contributed by atoms with Crippen LogP contribution in [0.25, 0.3) is 0 Å². The average molecular weight is 156 g/mol. The third-order valence-corrected chi connectivity index (χ3v) is 1.25. The number of rotatable bonds is 3. The monoisotopic (exact) mass is 156 g/mol. The summed E-state index contributed by atoms with van der Waals surface area (Å²) in [6.07, 6.45) is 1.63. The Morgan fingerprint density at radius 1 is 1.82 bits per heavy atom. The lowest BCUT2D eigenvalue weighted by Gasteiger charge is -1.96. The topological polar surface area (TPSA) is 61.3 Å². The first-order valence-electron chi connectivity index (χ1n) is 3.43. The van der Waals surface area contributed by atoms with Crippen LogP contribution in [0.3, 0.4) is 0 Å². The van der Waals surface area contributed by atoms with Crippen molar-refractivity contribution in [2.75, 3.05) is 7.11 Å². The van der Waals surface area contributed by atoms with Gasteiger partial charge in [0, 0.05) is 7.11 Å². The van der Waals surface area contributed by atoms with E-state index in [-0.39, 0.29) is 6.04 Å². The zero-order chi connectivity index (χ0) is 8.27. The van der Waals surface area contributed by atoms with E-state index in [1.54, 1.807) is 13.3 Å². The molecule has 0 radical (unpaired) electrons. The predicted octanol–water partition coefficient (Wildman–Crippen LogP) is 0.841. The van der Waals surface area contributed by atoms with Crippen molar-refractivity contribution in [2.45, 2.75) is 19.6 Å². The summed E-state index contributed by atoms with van der Waals surface area (Å²) in [6.45, 7) is 2.27. The molecule has 0 saturated heterocycles. The molecule has 11 heavy (non-hydrogen) atoms. The maximum Gasteiger partial charge on any atom is 0.211 e. The Morgan fingerprint density at radius 3 is 3.00 bits per heavy atom. The normalized spacial score (nSPS) is 13.4. The number of nitrogens with zero attached hydrogens (tertiary/aromatic N) is 1. The molecule has 0 aliphatic heterocycles. The fourth-order valence-electron chi connectivity index (χ4n) is 0.742. The van der Waals surface area contributed by atoms with Gasteiger partial charge in [0.2, 0.25) is 5.89 Å². The smallest absolute Gasteiger partial charge is 0.211 e. The highest BCUT2D eigenvalue weighted by molar-refractivity contribution is 4.95. The molecule has 4 heteroatoms. The van der Waals surface area contributed by atoms with Crippen molar-refractivity contribution >= 4 is 0 Å². The summed E-state index contributed by atoms with van der Waals surface area (Å²) >= 11 is 0. The zero-order valence-corrected chi connectivity index (χ0v) is 6.70. The molecule has 1 aromatic heterocycles. The highest BCUT2D eigenvalue weighted by Gasteiger charge is 2.06. The molecule has 0 amide bonds. The van der Waals surface area contributed by atoms with Crippen LogP contribution in [0.1, 0.15) is 24.6 Å². The summed E-state index contributed by atoms with van der Waals surface area (Å²) in [6, 6.07) is -0.152. The summed E-state index contributed by atoms with van der Waals surface area (Å²) in [4.78, 5) is 3.96. The number of nitrogens with two attached hydrogens (primary N) is 1. The van der Waals surface area contributed by atoms with Gasteiger partial charge >= 0.3 is 0 Å². The van der Waals surface area contributed by atoms with Crippen LogP contribution in [0.4, 0.5) is 0 Å². The minimum Gasteiger partial charge on any atom is -0.442 e. The molecule has 0 spiro atoms. The molecule has 1 heterocycles. The predicted molar refractivity (Wildman–Crippen MR) is 39.8 cm³/mol. The van der Waals surface area contributed by atoms with Crippen molar-refractivity contribution < 1.29 is 9.15 Å². The summed E-state index contributed by atoms with van der Waals surface area (Å²) in [5.74, 6) is 1.26. The van der Waals surface area contributed by atoms with Crippen LogP contribution in [0, 0.1) is 0 Å². The van der Waals surface area contributed by atoms with Gasteiger partial charge < -0.3 is 14.9 Å². The summed E-state index contributed by atoms with van der Waals surface area (Å²) in [5, 5.41) is 0. The molecule has 4 nitrogen and oxygen atoms in total. The van der Waals surface area contributed by atoms with Crippen molar-refractivity contribution in [1.82, 2.24) is 4.98 Å². The Bertz CT molecular complexity index is 220. The highest BCUT2D eigenvalue weighted by Crippen LogP contribution is 2.10. The first-order valence-corrected chi connectivity index (χ1v) is 3.43. The van der Waals surface area contributed by atoms with Gasteiger partial charge in [0.15, 0.2) is 0 Å². The molecule has 0 aliphatic carbocycles. The second-order valence-corrected chi connectivity index (χ2v) is 2.39. The number of hydrogen-bond acceptors (Lipinski definition) is 4. The molecule has 62 valence electrons. The van der Waals surface area contributed by atoms with Crippen molar-refractivity contribution in [1.29, 1.82) is 0 Å². The van der Waals surface area contributed by atoms with Crippen LogP contribution < -0.4 is 5.73 Å². The molecule has 0 bridgehead atoms. The van der Waals surface area contributed by atoms with Gasteiger partial charge in [0.25, 0.3) is 0 Å². The molecule has 0 fully saturated rings. The molecule has 0 unspecified atom stereocenters. The van der Waals surface area contributed by atoms with Crippen LogP contribution in [0.2, 0.25) is 0 Å². The highest BCUT2D eigenvalue weighted by atomic mass is 16.5. The molecule has 0 aliphatic rings. The van der Waals surface area contributed by atoms with Gasteiger partial charge in [-0.3, -0.25) is 0 Å². The van der Waals surface area contributed by atoms with Gasteiger partial charge in [-0.25, -0.2) is 4.98 Å². The number of hydrogen-bond donors (Lipinski definition) is 1. The number of oxazole rings is 1. The lowest BCUT2D eigenvalue weighted by atomic mass is 10.4. The standard InChI is InChI=1S/C7H12N2O2/c1-5(8)7-9-3-6(11-7)4-10-2/h3,5H,4,8H2,1-2H3/t5-/m0/s1. The van der Waals surface area contributed by atoms with Crippen LogP contribution in [0.15, 0.2) is 10.6 Å². The van der Waals surface area contributed by atoms with E-state index in [1.807, 2.05) is 6.92 Å². The first-order chi connectivity index (χ1) is 5.24. The lowest BCUT2D eigenvalue weighted by Crippen LogP contribution is -2.04. The fourth-order valence-corrected chi connectivity index (χ4v) is 0.742. The zero-order valence-electron chi connectivity index (χ0n) is 6.70. The van der Waals surface area contributed by atoms with Crippen molar-refractivity contribution in [3.8, 4) is 0 Å². The largest absolute Gasteiger partial charge is 0.442 e. The van der Waals surface area contributed by atoms with Crippen molar-refractivity contribution in [3.05, 3.63) is 17.8 Å². The van der Waals surface area contributed by atoms with E-state index in [0.717, 1.165) is 0 Å². The molecule has 1 rings (SSSR count). The number of aromatic nitrogens is 1. The Hall–Kier alpha value is -0.870. The second kappa shape index (κ2) is 3.50. The van der Waals surface area contributed by atoms with E-state index < -0.39 is 0 Å². The third-order valence-electron chi connectivity index (χ3n) is 1.25. The average Bonchev–Trinajstić information content (AvgIpc) is 2.37. The van der Waals surface area contributed by atoms with E-state index in [4.69, 9.17) is 14.9 Å². The molecule has 1 aromatic rings. The van der Waals surface area contributed by atoms with Gasteiger partial charge in [-0.2, -0.15) is 0 Å². The quantitative estimate of drug-likeness (QED) is 0.704. The Balaban J connectivity index is 2.66. The van der Waals surface area contributed by atoms with E-state index in [2.05, 4.69) is 4.98 Å². The Labute approximate surface area is 65.4 Å². The van der Waals surface area contributed by atoms with Gasteiger partial charge in [-0.05, 0) is 6.92 Å². The van der Waals surface area contributed by atoms with Gasteiger partial charge in [-0.1, -0.05) is 0 Å². The third kappa shape index (κ3) is 2.03. The van der Waals surface area contributed by atoms with Crippen molar-refractivity contribution in [2.24, 2.45) is 5.73 Å². The fraction of sp³-hybridized carbons (Fsp3) is 0.571. The molecular weight excluding hydrogens is 144 g/mol. The molecule has 0 aromatic carbocycles. The molecule has 0 saturated carbocycles. The van der Waals surface area contributed by atoms with Crippen LogP contribution in [-0.4, -0.2) is 12.1 Å². The summed E-state index contributed by atoms with van der Waals surface area (Å²) in [7, 11) is 1.61. The minimum atomic E-state index is -0.152. The number of methoxy groups -OCH3 is 1. The maximum atomic E-state index is 5.53. The number of ether oxygens (including phenoxy) is 1. The molecule has 1 atom stereocenters. The summed E-state index contributed by atoms with van der Waals surface area (Å²) < 4.78 is 10.1. The molecule has 2 N–H and O–H groups in total. The maximum absolute atomic E-state index is 5.53. The van der Waals surface area contributed by atoms with E-state index in [9.17, 15) is 0 Å². The first kappa shape index (κ1) is 8.23. The molecular formula is C7H12N2O2. The minimum absolute atomic E-state index is 0.152. The lowest BCUT2D eigenvalue weighted by molar-refractivity contribution is 0.162. The van der Waals surface area contributed by atoms with Crippen molar-refractivity contribution in [3.63, 3.8) is 0 Å². The van der Waals surface area contributed by atoms with Crippen LogP contribution in [-0.2, 0) is 11.3 Å². The second-order valence-electron chi connectivity index (χ2n) is 2.39.